The second-order valence-corrected chi connectivity index (χ2v) is 5.70. The Morgan fingerprint density at radius 2 is 2.09 bits per heavy atom. The molecule has 0 unspecified atom stereocenters. The molecule has 3 aromatic rings. The third kappa shape index (κ3) is 2.40. The second kappa shape index (κ2) is 5.54. The number of nitrogens with zero attached hydrogens (tertiary/aromatic N) is 4. The summed E-state index contributed by atoms with van der Waals surface area (Å²) in [4.78, 5) is 0. The zero-order chi connectivity index (χ0) is 15.8. The number of hydrogen-bond acceptors (Lipinski definition) is 4. The molecule has 2 N–H and O–H groups in total. The maximum atomic E-state index is 13.7. The molecule has 23 heavy (non-hydrogen) atoms. The van der Waals surface area contributed by atoms with Gasteiger partial charge in [-0.25, -0.2) is 9.49 Å². The van der Waals surface area contributed by atoms with Crippen LogP contribution in [-0.2, 0) is 12.8 Å². The van der Waals surface area contributed by atoms with Crippen molar-refractivity contribution in [2.24, 2.45) is 5.10 Å². The summed E-state index contributed by atoms with van der Waals surface area (Å²) < 4.78 is 15.5. The molecule has 8 heteroatoms. The van der Waals surface area contributed by atoms with E-state index in [1.165, 1.54) is 17.0 Å². The fraction of sp³-hybridized carbons (Fsp3) is 0.200. The highest BCUT2D eigenvalue weighted by Crippen LogP contribution is 2.29. The molecule has 116 valence electrons. The molecule has 2 heterocycles. The average Bonchev–Trinajstić information content (AvgIpc) is 3.23. The first-order valence-corrected chi connectivity index (χ1v) is 7.67. The molecule has 0 fully saturated rings. The van der Waals surface area contributed by atoms with Crippen LogP contribution in [0.3, 0.4) is 0 Å². The second-order valence-electron chi connectivity index (χ2n) is 5.31. The number of aromatic amines is 2. The first-order chi connectivity index (χ1) is 11.2. The standard InChI is InChI=1S/C15H13FN6S/c16-11-6-2-1-4-9(11)8-17-22-14(20-21-15(22)23)13-10-5-3-7-12(10)18-19-13/h1-2,4,6,8H,3,5,7H2,(H,18,19)(H,21,23)/b17-8-. The van der Waals surface area contributed by atoms with Crippen molar-refractivity contribution in [1.82, 2.24) is 25.1 Å². The molecule has 6 nitrogen and oxygen atoms in total. The Hall–Kier alpha value is -2.61. The molecule has 1 aliphatic rings. The fourth-order valence-corrected chi connectivity index (χ4v) is 2.94. The van der Waals surface area contributed by atoms with Gasteiger partial charge in [-0.15, -0.1) is 0 Å². The van der Waals surface area contributed by atoms with Crippen LogP contribution >= 0.6 is 12.2 Å². The minimum absolute atomic E-state index is 0.335. The molecule has 0 atom stereocenters. The van der Waals surface area contributed by atoms with E-state index in [-0.39, 0.29) is 5.82 Å². The molecular formula is C15H13FN6S. The van der Waals surface area contributed by atoms with E-state index in [1.807, 2.05) is 0 Å². The Bertz CT molecular complexity index is 951. The third-order valence-electron chi connectivity index (χ3n) is 3.89. The molecule has 0 spiro atoms. The topological polar surface area (TPSA) is 74.7 Å². The highest BCUT2D eigenvalue weighted by Gasteiger charge is 2.23. The molecular weight excluding hydrogens is 315 g/mol. The monoisotopic (exact) mass is 328 g/mol. The Morgan fingerprint density at radius 3 is 2.96 bits per heavy atom. The van der Waals surface area contributed by atoms with Crippen LogP contribution in [0.4, 0.5) is 4.39 Å². The lowest BCUT2D eigenvalue weighted by Crippen LogP contribution is -1.98. The number of rotatable bonds is 3. The van der Waals surface area contributed by atoms with Crippen molar-refractivity contribution < 1.29 is 4.39 Å². The Morgan fingerprint density at radius 1 is 1.22 bits per heavy atom. The number of halogens is 1. The fourth-order valence-electron chi connectivity index (χ4n) is 2.76. The van der Waals surface area contributed by atoms with Crippen LogP contribution in [0.1, 0.15) is 23.2 Å². The predicted octanol–water partition coefficient (Wildman–Crippen LogP) is 2.84. The van der Waals surface area contributed by atoms with Gasteiger partial charge in [-0.3, -0.25) is 5.10 Å². The molecule has 1 aliphatic carbocycles. The van der Waals surface area contributed by atoms with Crippen molar-refractivity contribution in [3.63, 3.8) is 0 Å². The maximum Gasteiger partial charge on any atom is 0.216 e. The van der Waals surface area contributed by atoms with Gasteiger partial charge >= 0.3 is 0 Å². The SMILES string of the molecule is Fc1ccccc1/C=N\n1c(-c2n[nH]c3c2CCC3)n[nH]c1=S. The molecule has 0 radical (unpaired) electrons. The summed E-state index contributed by atoms with van der Waals surface area (Å²) in [6, 6.07) is 6.42. The van der Waals surface area contributed by atoms with E-state index < -0.39 is 0 Å². The summed E-state index contributed by atoms with van der Waals surface area (Å²) in [5.74, 6) is 0.190. The molecule has 0 saturated heterocycles. The number of benzene rings is 1. The smallest absolute Gasteiger partial charge is 0.216 e. The van der Waals surface area contributed by atoms with Crippen molar-refractivity contribution in [3.8, 4) is 11.5 Å². The predicted molar refractivity (Wildman–Crippen MR) is 86.4 cm³/mol. The number of nitrogens with one attached hydrogen (secondary N) is 2. The van der Waals surface area contributed by atoms with E-state index in [9.17, 15) is 4.39 Å². The molecule has 2 aromatic heterocycles. The van der Waals surface area contributed by atoms with Crippen LogP contribution in [-0.4, -0.2) is 31.3 Å². The summed E-state index contributed by atoms with van der Waals surface area (Å²) in [6.45, 7) is 0. The summed E-state index contributed by atoms with van der Waals surface area (Å²) >= 11 is 5.22. The van der Waals surface area contributed by atoms with Crippen molar-refractivity contribution in [3.05, 3.63) is 51.7 Å². The van der Waals surface area contributed by atoms with Gasteiger partial charge in [0.2, 0.25) is 10.6 Å². The molecule has 4 rings (SSSR count). The summed E-state index contributed by atoms with van der Waals surface area (Å²) in [5, 5.41) is 18.6. The lowest BCUT2D eigenvalue weighted by molar-refractivity contribution is 0.625. The van der Waals surface area contributed by atoms with Gasteiger partial charge in [0.25, 0.3) is 0 Å². The Labute approximate surface area is 136 Å². The van der Waals surface area contributed by atoms with Gasteiger partial charge in [0.15, 0.2) is 0 Å². The summed E-state index contributed by atoms with van der Waals surface area (Å²) in [5.41, 5.74) is 3.42. The number of H-pyrrole nitrogens is 2. The van der Waals surface area contributed by atoms with Gasteiger partial charge in [0.05, 0.1) is 6.21 Å². The van der Waals surface area contributed by atoms with E-state index in [0.29, 0.717) is 16.2 Å². The lowest BCUT2D eigenvalue weighted by atomic mass is 10.2. The van der Waals surface area contributed by atoms with Crippen LogP contribution < -0.4 is 0 Å². The Balaban J connectivity index is 1.77. The highest BCUT2D eigenvalue weighted by molar-refractivity contribution is 7.71. The number of aromatic nitrogens is 5. The van der Waals surface area contributed by atoms with E-state index >= 15 is 0 Å². The molecule has 0 bridgehead atoms. The largest absolute Gasteiger partial charge is 0.282 e. The van der Waals surface area contributed by atoms with Gasteiger partial charge in [-0.1, -0.05) is 18.2 Å². The minimum atomic E-state index is -0.339. The van der Waals surface area contributed by atoms with Gasteiger partial charge in [0.1, 0.15) is 11.5 Å². The Kier molecular flexibility index (Phi) is 3.38. The molecule has 0 aliphatic heterocycles. The highest BCUT2D eigenvalue weighted by atomic mass is 32.1. The third-order valence-corrected chi connectivity index (χ3v) is 4.15. The van der Waals surface area contributed by atoms with E-state index in [2.05, 4.69) is 25.5 Å². The van der Waals surface area contributed by atoms with Crippen molar-refractivity contribution >= 4 is 18.4 Å². The first-order valence-electron chi connectivity index (χ1n) is 7.27. The van der Waals surface area contributed by atoms with Crippen molar-refractivity contribution in [2.45, 2.75) is 19.3 Å². The van der Waals surface area contributed by atoms with Gasteiger partial charge < -0.3 is 0 Å². The average molecular weight is 328 g/mol. The van der Waals surface area contributed by atoms with Crippen LogP contribution in [0.5, 0.6) is 0 Å². The summed E-state index contributed by atoms with van der Waals surface area (Å²) in [7, 11) is 0. The van der Waals surface area contributed by atoms with Crippen LogP contribution in [0, 0.1) is 10.6 Å². The molecule has 1 aromatic carbocycles. The van der Waals surface area contributed by atoms with Crippen LogP contribution in [0.25, 0.3) is 11.5 Å². The molecule has 0 amide bonds. The van der Waals surface area contributed by atoms with Gasteiger partial charge in [-0.05, 0) is 37.5 Å². The van der Waals surface area contributed by atoms with Crippen molar-refractivity contribution in [1.29, 1.82) is 0 Å². The number of hydrogen-bond donors (Lipinski definition) is 2. The zero-order valence-corrected chi connectivity index (χ0v) is 12.9. The quantitative estimate of drug-likeness (QED) is 0.573. The van der Waals surface area contributed by atoms with E-state index in [1.54, 1.807) is 18.2 Å². The van der Waals surface area contributed by atoms with E-state index in [4.69, 9.17) is 12.2 Å². The lowest BCUT2D eigenvalue weighted by Gasteiger charge is -2.00. The van der Waals surface area contributed by atoms with Crippen molar-refractivity contribution in [2.75, 3.05) is 0 Å². The van der Waals surface area contributed by atoms with Gasteiger partial charge in [-0.2, -0.15) is 20.0 Å². The zero-order valence-electron chi connectivity index (χ0n) is 12.1. The number of aryl methyl sites for hydroxylation is 1. The van der Waals surface area contributed by atoms with Crippen LogP contribution in [0.2, 0.25) is 0 Å². The van der Waals surface area contributed by atoms with Gasteiger partial charge in [0, 0.05) is 16.8 Å². The van der Waals surface area contributed by atoms with E-state index in [0.717, 1.165) is 36.2 Å². The normalized spacial score (nSPS) is 13.8. The maximum absolute atomic E-state index is 13.7. The first kappa shape index (κ1) is 14.0. The minimum Gasteiger partial charge on any atom is -0.282 e. The van der Waals surface area contributed by atoms with Crippen LogP contribution in [0.15, 0.2) is 29.4 Å². The summed E-state index contributed by atoms with van der Waals surface area (Å²) in [6.07, 6.45) is 4.47. The number of fused-ring (bicyclic) bond motifs is 1. The molecule has 0 saturated carbocycles.